The lowest BCUT2D eigenvalue weighted by molar-refractivity contribution is -0.139. The molecule has 0 bridgehead atoms. The molecule has 0 aromatic heterocycles. The SMILES string of the molecule is COCCC(NC(=O)c1cccc(Cl)c1)C(=O)O. The number of nitrogens with one attached hydrogen (secondary N) is 1. The standard InChI is InChI=1S/C12H14ClNO4/c1-18-6-5-10(12(16)17)14-11(15)8-3-2-4-9(13)7-8/h2-4,7,10H,5-6H2,1H3,(H,14,15)(H,16,17). The molecule has 1 unspecified atom stereocenters. The predicted octanol–water partition coefficient (Wildman–Crippen LogP) is 1.56. The number of carboxylic acids is 1. The van der Waals surface area contributed by atoms with Gasteiger partial charge in [-0.3, -0.25) is 4.79 Å². The topological polar surface area (TPSA) is 75.6 Å². The van der Waals surface area contributed by atoms with Gasteiger partial charge in [0.1, 0.15) is 6.04 Å². The van der Waals surface area contributed by atoms with Crippen LogP contribution < -0.4 is 5.32 Å². The van der Waals surface area contributed by atoms with Gasteiger partial charge < -0.3 is 15.2 Å². The Hall–Kier alpha value is -1.59. The molecular formula is C12H14ClNO4. The summed E-state index contributed by atoms with van der Waals surface area (Å²) >= 11 is 5.76. The Bertz CT molecular complexity index is 436. The van der Waals surface area contributed by atoms with Crippen molar-refractivity contribution < 1.29 is 19.4 Å². The Morgan fingerprint density at radius 1 is 1.50 bits per heavy atom. The van der Waals surface area contributed by atoms with Gasteiger partial charge in [-0.25, -0.2) is 4.79 Å². The Balaban J connectivity index is 2.69. The normalized spacial score (nSPS) is 11.9. The molecule has 5 nitrogen and oxygen atoms in total. The van der Waals surface area contributed by atoms with Crippen LogP contribution in [0.15, 0.2) is 24.3 Å². The Kier molecular flexibility index (Phi) is 5.61. The molecule has 6 heteroatoms. The third-order valence-electron chi connectivity index (χ3n) is 2.30. The van der Waals surface area contributed by atoms with E-state index < -0.39 is 17.9 Å². The van der Waals surface area contributed by atoms with E-state index in [9.17, 15) is 9.59 Å². The van der Waals surface area contributed by atoms with Gasteiger partial charge >= 0.3 is 5.97 Å². The van der Waals surface area contributed by atoms with E-state index in [2.05, 4.69) is 5.32 Å². The van der Waals surface area contributed by atoms with Crippen LogP contribution in [0.3, 0.4) is 0 Å². The molecule has 1 aromatic rings. The molecule has 98 valence electrons. The van der Waals surface area contributed by atoms with Gasteiger partial charge in [-0.1, -0.05) is 17.7 Å². The van der Waals surface area contributed by atoms with Crippen LogP contribution in [0, 0.1) is 0 Å². The van der Waals surface area contributed by atoms with Gasteiger partial charge in [0.2, 0.25) is 0 Å². The molecular weight excluding hydrogens is 258 g/mol. The van der Waals surface area contributed by atoms with Crippen molar-refractivity contribution in [3.63, 3.8) is 0 Å². The molecule has 0 heterocycles. The number of halogens is 1. The van der Waals surface area contributed by atoms with Gasteiger partial charge in [0.05, 0.1) is 0 Å². The Morgan fingerprint density at radius 3 is 2.78 bits per heavy atom. The average Bonchev–Trinajstić information content (AvgIpc) is 2.33. The van der Waals surface area contributed by atoms with Crippen molar-refractivity contribution in [2.75, 3.05) is 13.7 Å². The highest BCUT2D eigenvalue weighted by molar-refractivity contribution is 6.30. The van der Waals surface area contributed by atoms with Crippen LogP contribution in [-0.4, -0.2) is 36.7 Å². The van der Waals surface area contributed by atoms with Gasteiger partial charge in [0.15, 0.2) is 0 Å². The molecule has 1 aromatic carbocycles. The summed E-state index contributed by atoms with van der Waals surface area (Å²) in [7, 11) is 1.47. The molecule has 1 atom stereocenters. The van der Waals surface area contributed by atoms with Crippen LogP contribution in [0.1, 0.15) is 16.8 Å². The predicted molar refractivity (Wildman–Crippen MR) is 66.8 cm³/mol. The number of aliphatic carboxylic acids is 1. The quantitative estimate of drug-likeness (QED) is 0.823. The van der Waals surface area contributed by atoms with E-state index in [0.717, 1.165) is 0 Å². The van der Waals surface area contributed by atoms with Crippen molar-refractivity contribution in [2.45, 2.75) is 12.5 Å². The molecule has 0 aliphatic heterocycles. The number of rotatable bonds is 6. The van der Waals surface area contributed by atoms with Gasteiger partial charge in [0.25, 0.3) is 5.91 Å². The number of ether oxygens (including phenoxy) is 1. The van der Waals surface area contributed by atoms with Gasteiger partial charge in [0, 0.05) is 30.7 Å². The maximum atomic E-state index is 11.8. The molecule has 1 rings (SSSR count). The highest BCUT2D eigenvalue weighted by Crippen LogP contribution is 2.10. The van der Waals surface area contributed by atoms with Crippen LogP contribution in [0.2, 0.25) is 5.02 Å². The number of benzene rings is 1. The zero-order valence-corrected chi connectivity index (χ0v) is 10.6. The Labute approximate surface area is 110 Å². The second-order valence-electron chi connectivity index (χ2n) is 3.66. The maximum Gasteiger partial charge on any atom is 0.326 e. The second kappa shape index (κ2) is 6.98. The summed E-state index contributed by atoms with van der Waals surface area (Å²) in [6.07, 6.45) is 0.206. The third-order valence-corrected chi connectivity index (χ3v) is 2.54. The van der Waals surface area contributed by atoms with Crippen molar-refractivity contribution in [3.8, 4) is 0 Å². The summed E-state index contributed by atoms with van der Waals surface area (Å²) in [5.41, 5.74) is 0.325. The Morgan fingerprint density at radius 2 is 2.22 bits per heavy atom. The highest BCUT2D eigenvalue weighted by Gasteiger charge is 2.20. The van der Waals surface area contributed by atoms with E-state index >= 15 is 0 Å². The number of carboxylic acid groups (broad SMARTS) is 1. The van der Waals surface area contributed by atoms with Crippen LogP contribution in [0.4, 0.5) is 0 Å². The van der Waals surface area contributed by atoms with Crippen molar-refractivity contribution in [3.05, 3.63) is 34.9 Å². The van der Waals surface area contributed by atoms with E-state index in [1.165, 1.54) is 13.2 Å². The molecule has 2 N–H and O–H groups in total. The summed E-state index contributed by atoms with van der Waals surface area (Å²) in [6.45, 7) is 0.257. The molecule has 0 saturated heterocycles. The van der Waals surface area contributed by atoms with Gasteiger partial charge in [-0.2, -0.15) is 0 Å². The number of amides is 1. The van der Waals surface area contributed by atoms with Crippen LogP contribution in [-0.2, 0) is 9.53 Å². The molecule has 0 saturated carbocycles. The monoisotopic (exact) mass is 271 g/mol. The summed E-state index contributed by atoms with van der Waals surface area (Å²) < 4.78 is 4.79. The number of hydrogen-bond donors (Lipinski definition) is 2. The second-order valence-corrected chi connectivity index (χ2v) is 4.09. The molecule has 18 heavy (non-hydrogen) atoms. The van der Waals surface area contributed by atoms with Crippen molar-refractivity contribution in [1.82, 2.24) is 5.32 Å². The largest absolute Gasteiger partial charge is 0.480 e. The molecule has 0 fully saturated rings. The van der Waals surface area contributed by atoms with Crippen molar-refractivity contribution >= 4 is 23.5 Å². The smallest absolute Gasteiger partial charge is 0.326 e. The summed E-state index contributed by atoms with van der Waals surface area (Å²) in [5, 5.41) is 11.8. The van der Waals surface area contributed by atoms with Crippen LogP contribution >= 0.6 is 11.6 Å². The lowest BCUT2D eigenvalue weighted by Gasteiger charge is -2.14. The summed E-state index contributed by atoms with van der Waals surface area (Å²) in [6, 6.07) is 5.33. The fourth-order valence-electron chi connectivity index (χ4n) is 1.36. The van der Waals surface area contributed by atoms with E-state index in [-0.39, 0.29) is 13.0 Å². The van der Waals surface area contributed by atoms with E-state index in [1.807, 2.05) is 0 Å². The fourth-order valence-corrected chi connectivity index (χ4v) is 1.55. The highest BCUT2D eigenvalue weighted by atomic mass is 35.5. The third kappa shape index (κ3) is 4.35. The fraction of sp³-hybridized carbons (Fsp3) is 0.333. The molecule has 0 radical (unpaired) electrons. The maximum absolute atomic E-state index is 11.8. The lowest BCUT2D eigenvalue weighted by atomic mass is 10.1. The first-order valence-corrected chi connectivity index (χ1v) is 5.70. The minimum atomic E-state index is -1.09. The average molecular weight is 272 g/mol. The van der Waals surface area contributed by atoms with Gasteiger partial charge in [-0.05, 0) is 18.2 Å². The van der Waals surface area contributed by atoms with Gasteiger partial charge in [-0.15, -0.1) is 0 Å². The molecule has 0 aliphatic rings. The number of methoxy groups -OCH3 is 1. The van der Waals surface area contributed by atoms with Crippen molar-refractivity contribution in [2.24, 2.45) is 0 Å². The molecule has 1 amide bonds. The number of carbonyl (C=O) groups excluding carboxylic acids is 1. The van der Waals surface area contributed by atoms with E-state index in [0.29, 0.717) is 10.6 Å². The van der Waals surface area contributed by atoms with Crippen LogP contribution in [0.25, 0.3) is 0 Å². The minimum Gasteiger partial charge on any atom is -0.480 e. The summed E-state index contributed by atoms with van der Waals surface area (Å²) in [5.74, 6) is -1.57. The first-order chi connectivity index (χ1) is 8.54. The van der Waals surface area contributed by atoms with Crippen molar-refractivity contribution in [1.29, 1.82) is 0 Å². The van der Waals surface area contributed by atoms with Crippen LogP contribution in [0.5, 0.6) is 0 Å². The molecule has 0 aliphatic carbocycles. The van der Waals surface area contributed by atoms with E-state index in [4.69, 9.17) is 21.4 Å². The zero-order chi connectivity index (χ0) is 13.5. The first-order valence-electron chi connectivity index (χ1n) is 5.32. The summed E-state index contributed by atoms with van der Waals surface area (Å²) in [4.78, 5) is 22.7. The molecule has 0 spiro atoms. The number of hydrogen-bond acceptors (Lipinski definition) is 3. The van der Waals surface area contributed by atoms with E-state index in [1.54, 1.807) is 18.2 Å². The first kappa shape index (κ1) is 14.5. The number of carbonyl (C=O) groups is 2. The zero-order valence-electron chi connectivity index (χ0n) is 9.85. The minimum absolute atomic E-state index is 0.206. The lowest BCUT2D eigenvalue weighted by Crippen LogP contribution is -2.41.